The smallest absolute Gasteiger partial charge is 0.144 e. The zero-order valence-corrected chi connectivity index (χ0v) is 25.2. The number of nitrogens with zero attached hydrogens (tertiary/aromatic N) is 1. The Hall–Kier alpha value is -6.32. The third kappa shape index (κ3) is 3.30. The van der Waals surface area contributed by atoms with Crippen molar-refractivity contribution in [2.45, 2.75) is 0 Å². The molecule has 0 aliphatic heterocycles. The van der Waals surface area contributed by atoms with Crippen LogP contribution >= 0.6 is 0 Å². The van der Waals surface area contributed by atoms with Crippen molar-refractivity contribution in [1.82, 2.24) is 4.57 Å². The molecule has 3 heteroatoms. The van der Waals surface area contributed by atoms with Crippen molar-refractivity contribution in [3.8, 4) is 17.0 Å². The van der Waals surface area contributed by atoms with Gasteiger partial charge in [0.15, 0.2) is 0 Å². The third-order valence-electron chi connectivity index (χ3n) is 9.95. The molecule has 0 aliphatic rings. The van der Waals surface area contributed by atoms with Crippen LogP contribution in [0.2, 0.25) is 0 Å². The molecule has 0 unspecified atom stereocenters. The Morgan fingerprint density at radius 2 is 0.915 bits per heavy atom. The average Bonchev–Trinajstić information content (AvgIpc) is 3.83. The maximum atomic E-state index is 6.78. The van der Waals surface area contributed by atoms with Gasteiger partial charge in [0, 0.05) is 37.7 Å². The monoisotopic (exact) mass is 599 g/mol. The van der Waals surface area contributed by atoms with Gasteiger partial charge in [-0.25, -0.2) is 0 Å². The van der Waals surface area contributed by atoms with E-state index in [9.17, 15) is 0 Å². The lowest BCUT2D eigenvalue weighted by Gasteiger charge is -2.17. The van der Waals surface area contributed by atoms with Crippen molar-refractivity contribution < 1.29 is 8.83 Å². The van der Waals surface area contributed by atoms with Crippen LogP contribution < -0.4 is 0 Å². The first-order valence-corrected chi connectivity index (χ1v) is 16.0. The van der Waals surface area contributed by atoms with E-state index >= 15 is 0 Å². The van der Waals surface area contributed by atoms with Crippen molar-refractivity contribution in [3.63, 3.8) is 0 Å². The first kappa shape index (κ1) is 24.9. The van der Waals surface area contributed by atoms with Crippen LogP contribution in [0.25, 0.3) is 104 Å². The van der Waals surface area contributed by atoms with Gasteiger partial charge in [-0.1, -0.05) is 121 Å². The number of furan rings is 2. The third-order valence-corrected chi connectivity index (χ3v) is 9.95. The Labute approximate surface area is 268 Å². The Bertz CT molecular complexity index is 2950. The predicted octanol–water partition coefficient (Wildman–Crippen LogP) is 12.6. The largest absolute Gasteiger partial charge is 0.456 e. The molecule has 3 aromatic heterocycles. The molecular formula is C44H25NO2. The maximum absolute atomic E-state index is 6.78. The summed E-state index contributed by atoms with van der Waals surface area (Å²) in [7, 11) is 0. The van der Waals surface area contributed by atoms with Gasteiger partial charge in [-0.15, -0.1) is 0 Å². The molecule has 0 spiro atoms. The van der Waals surface area contributed by atoms with Crippen LogP contribution in [-0.2, 0) is 0 Å². The van der Waals surface area contributed by atoms with Crippen molar-refractivity contribution >= 4 is 87.0 Å². The summed E-state index contributed by atoms with van der Waals surface area (Å²) in [4.78, 5) is 0. The standard InChI is InChI=1S/C44H25NO2/c1-4-14-29-26(11-1)21-23-34-39(29)40-30-15-5-2-12-27(30)22-24-35(40)45(34)43-31-16-6-7-17-32(31)44-41(33-18-8-10-20-37(33)47-44)42(43)38-25-28-13-3-9-19-36(28)46-38/h1-25H. The van der Waals surface area contributed by atoms with Gasteiger partial charge >= 0.3 is 0 Å². The number of fused-ring (bicyclic) bond motifs is 13. The molecule has 3 nitrogen and oxygen atoms in total. The second-order valence-corrected chi connectivity index (χ2v) is 12.4. The van der Waals surface area contributed by atoms with E-state index in [1.54, 1.807) is 0 Å². The molecule has 0 bridgehead atoms. The highest BCUT2D eigenvalue weighted by atomic mass is 16.3. The molecule has 47 heavy (non-hydrogen) atoms. The van der Waals surface area contributed by atoms with E-state index in [0.717, 1.165) is 71.7 Å². The molecule has 8 aromatic carbocycles. The number of para-hydroxylation sites is 2. The van der Waals surface area contributed by atoms with Gasteiger partial charge in [-0.05, 0) is 51.9 Å². The van der Waals surface area contributed by atoms with Crippen molar-refractivity contribution in [2.75, 3.05) is 0 Å². The van der Waals surface area contributed by atoms with Gasteiger partial charge < -0.3 is 13.4 Å². The Kier molecular flexibility index (Phi) is 4.84. The molecule has 0 fully saturated rings. The number of rotatable bonds is 2. The zero-order valence-electron chi connectivity index (χ0n) is 25.2. The van der Waals surface area contributed by atoms with Crippen molar-refractivity contribution in [2.24, 2.45) is 0 Å². The highest BCUT2D eigenvalue weighted by molar-refractivity contribution is 6.31. The van der Waals surface area contributed by atoms with E-state index in [1.165, 1.54) is 32.3 Å². The molecule has 0 saturated heterocycles. The van der Waals surface area contributed by atoms with Gasteiger partial charge in [-0.3, -0.25) is 0 Å². The van der Waals surface area contributed by atoms with Gasteiger partial charge in [-0.2, -0.15) is 0 Å². The normalized spacial score (nSPS) is 12.3. The molecule has 0 atom stereocenters. The molecule has 0 radical (unpaired) electrons. The van der Waals surface area contributed by atoms with E-state index in [0.29, 0.717) is 0 Å². The van der Waals surface area contributed by atoms with Crippen LogP contribution in [0.15, 0.2) is 160 Å². The predicted molar refractivity (Wildman–Crippen MR) is 196 cm³/mol. The summed E-state index contributed by atoms with van der Waals surface area (Å²) < 4.78 is 16.0. The van der Waals surface area contributed by atoms with Crippen LogP contribution in [0.4, 0.5) is 0 Å². The molecule has 0 aliphatic carbocycles. The van der Waals surface area contributed by atoms with E-state index in [1.807, 2.05) is 18.2 Å². The Morgan fingerprint density at radius 3 is 1.57 bits per heavy atom. The number of benzene rings is 8. The summed E-state index contributed by atoms with van der Waals surface area (Å²) in [5, 5.41) is 12.8. The molecule has 11 rings (SSSR count). The average molecular weight is 600 g/mol. The second kappa shape index (κ2) is 9.12. The summed E-state index contributed by atoms with van der Waals surface area (Å²) in [6.45, 7) is 0. The lowest BCUT2D eigenvalue weighted by atomic mass is 9.95. The van der Waals surface area contributed by atoms with Gasteiger partial charge in [0.05, 0.1) is 22.3 Å². The maximum Gasteiger partial charge on any atom is 0.144 e. The Morgan fingerprint density at radius 1 is 0.383 bits per heavy atom. The summed E-state index contributed by atoms with van der Waals surface area (Å²) >= 11 is 0. The molecule has 0 amide bonds. The highest BCUT2D eigenvalue weighted by Gasteiger charge is 2.27. The van der Waals surface area contributed by atoms with E-state index in [-0.39, 0.29) is 0 Å². The second-order valence-electron chi connectivity index (χ2n) is 12.4. The van der Waals surface area contributed by atoms with Gasteiger partial charge in [0.2, 0.25) is 0 Å². The highest BCUT2D eigenvalue weighted by Crippen LogP contribution is 2.50. The summed E-state index contributed by atoms with van der Waals surface area (Å²) in [5.41, 5.74) is 7.03. The lowest BCUT2D eigenvalue weighted by molar-refractivity contribution is 0.631. The fourth-order valence-electron chi connectivity index (χ4n) is 7.99. The molecular weight excluding hydrogens is 574 g/mol. The van der Waals surface area contributed by atoms with Crippen LogP contribution in [0.3, 0.4) is 0 Å². The SMILES string of the molecule is c1ccc2oc(-c3c(-n4c5ccc6ccccc6c5c5c6ccccc6ccc54)c4ccccc4c4oc5ccccc5c34)cc2c1. The van der Waals surface area contributed by atoms with Crippen molar-refractivity contribution in [3.05, 3.63) is 152 Å². The van der Waals surface area contributed by atoms with Crippen LogP contribution in [0, 0.1) is 0 Å². The molecule has 11 aromatic rings. The van der Waals surface area contributed by atoms with Crippen LogP contribution in [0.1, 0.15) is 0 Å². The van der Waals surface area contributed by atoms with Crippen LogP contribution in [-0.4, -0.2) is 4.57 Å². The van der Waals surface area contributed by atoms with Crippen LogP contribution in [0.5, 0.6) is 0 Å². The fourth-order valence-corrected chi connectivity index (χ4v) is 7.99. The minimum Gasteiger partial charge on any atom is -0.456 e. The van der Waals surface area contributed by atoms with E-state index in [2.05, 4.69) is 138 Å². The lowest BCUT2D eigenvalue weighted by Crippen LogP contribution is -1.99. The minimum absolute atomic E-state index is 0.820. The van der Waals surface area contributed by atoms with Crippen molar-refractivity contribution in [1.29, 1.82) is 0 Å². The molecule has 0 N–H and O–H groups in total. The first-order chi connectivity index (χ1) is 23.3. The fraction of sp³-hybridized carbons (Fsp3) is 0. The zero-order chi connectivity index (χ0) is 30.6. The summed E-state index contributed by atoms with van der Waals surface area (Å²) in [6.07, 6.45) is 0. The summed E-state index contributed by atoms with van der Waals surface area (Å²) in [6, 6.07) is 54.0. The first-order valence-electron chi connectivity index (χ1n) is 16.0. The molecule has 3 heterocycles. The summed E-state index contributed by atoms with van der Waals surface area (Å²) in [5.74, 6) is 0.820. The molecule has 0 saturated carbocycles. The van der Waals surface area contributed by atoms with E-state index in [4.69, 9.17) is 8.83 Å². The van der Waals surface area contributed by atoms with Gasteiger partial charge in [0.25, 0.3) is 0 Å². The quantitative estimate of drug-likeness (QED) is 0.198. The van der Waals surface area contributed by atoms with Gasteiger partial charge in [0.1, 0.15) is 22.5 Å². The number of aromatic nitrogens is 1. The Balaban J connectivity index is 1.45. The minimum atomic E-state index is 0.820. The number of hydrogen-bond acceptors (Lipinski definition) is 2. The van der Waals surface area contributed by atoms with E-state index < -0.39 is 0 Å². The topological polar surface area (TPSA) is 31.2 Å². The molecule has 218 valence electrons. The number of hydrogen-bond donors (Lipinski definition) is 0.